The van der Waals surface area contributed by atoms with Gasteiger partial charge in [0.2, 0.25) is 0 Å². The third kappa shape index (κ3) is 4.11. The van der Waals surface area contributed by atoms with Crippen LogP contribution in [0.5, 0.6) is 0 Å². The Balaban J connectivity index is 2.55. The third-order valence-electron chi connectivity index (χ3n) is 3.08. The Labute approximate surface area is 103 Å². The predicted octanol–water partition coefficient (Wildman–Crippen LogP) is 3.28. The van der Waals surface area contributed by atoms with E-state index in [1.54, 1.807) is 0 Å². The highest BCUT2D eigenvalue weighted by Gasteiger charge is 2.19. The molecule has 1 atom stereocenters. The molecule has 1 unspecified atom stereocenters. The summed E-state index contributed by atoms with van der Waals surface area (Å²) in [6.07, 6.45) is 5.86. The van der Waals surface area contributed by atoms with E-state index in [1.165, 1.54) is 11.1 Å². The fourth-order valence-corrected chi connectivity index (χ4v) is 2.05. The molecule has 1 rings (SSSR count). The van der Waals surface area contributed by atoms with E-state index in [0.29, 0.717) is 5.88 Å². The Bertz CT molecular complexity index is 327. The second kappa shape index (κ2) is 6.21. The molecule has 0 saturated heterocycles. The van der Waals surface area contributed by atoms with Gasteiger partial charge in [0.15, 0.2) is 0 Å². The second-order valence-corrected chi connectivity index (χ2v) is 4.96. The van der Waals surface area contributed by atoms with E-state index in [-0.39, 0.29) is 5.54 Å². The molecule has 0 amide bonds. The molecule has 90 valence electrons. The van der Waals surface area contributed by atoms with Crippen LogP contribution >= 0.6 is 11.6 Å². The van der Waals surface area contributed by atoms with Gasteiger partial charge in [-0.15, -0.1) is 11.6 Å². The first kappa shape index (κ1) is 13.5. The molecular formula is C13H21ClN2. The zero-order valence-corrected chi connectivity index (χ0v) is 11.1. The van der Waals surface area contributed by atoms with Crippen LogP contribution in [0.25, 0.3) is 0 Å². The molecule has 0 spiro atoms. The van der Waals surface area contributed by atoms with Gasteiger partial charge in [0, 0.05) is 30.4 Å². The molecule has 0 saturated carbocycles. The quantitative estimate of drug-likeness (QED) is 0.772. The van der Waals surface area contributed by atoms with Gasteiger partial charge in [0.1, 0.15) is 0 Å². The van der Waals surface area contributed by atoms with Crippen molar-refractivity contribution < 1.29 is 0 Å². The number of pyridine rings is 1. The average Bonchev–Trinajstić information content (AvgIpc) is 2.27. The maximum atomic E-state index is 5.82. The number of nitrogens with one attached hydrogen (secondary N) is 1. The molecule has 1 aromatic heterocycles. The third-order valence-corrected chi connectivity index (χ3v) is 3.27. The van der Waals surface area contributed by atoms with E-state index in [0.717, 1.165) is 19.4 Å². The lowest BCUT2D eigenvalue weighted by Crippen LogP contribution is -2.41. The molecular weight excluding hydrogens is 220 g/mol. The van der Waals surface area contributed by atoms with Gasteiger partial charge in [-0.1, -0.05) is 13.0 Å². The van der Waals surface area contributed by atoms with Crippen LogP contribution in [-0.2, 0) is 6.54 Å². The minimum Gasteiger partial charge on any atom is -0.307 e. The van der Waals surface area contributed by atoms with Gasteiger partial charge >= 0.3 is 0 Å². The van der Waals surface area contributed by atoms with Crippen molar-refractivity contribution in [2.24, 2.45) is 0 Å². The first-order valence-corrected chi connectivity index (χ1v) is 6.34. The van der Waals surface area contributed by atoms with E-state index in [4.69, 9.17) is 11.6 Å². The lowest BCUT2D eigenvalue weighted by molar-refractivity contribution is 0.331. The topological polar surface area (TPSA) is 24.9 Å². The summed E-state index contributed by atoms with van der Waals surface area (Å²) in [6.45, 7) is 7.33. The summed E-state index contributed by atoms with van der Waals surface area (Å²) in [4.78, 5) is 4.19. The van der Waals surface area contributed by atoms with Crippen molar-refractivity contribution in [3.05, 3.63) is 29.6 Å². The highest BCUT2D eigenvalue weighted by atomic mass is 35.5. The molecule has 1 aromatic rings. The summed E-state index contributed by atoms with van der Waals surface area (Å²) in [5, 5.41) is 3.57. The molecule has 0 aliphatic carbocycles. The van der Waals surface area contributed by atoms with Crippen molar-refractivity contribution in [1.29, 1.82) is 0 Å². The standard InChI is InChI=1S/C13H21ClN2/c1-4-13(3,5-6-14)16-10-12-7-11(2)8-15-9-12/h7-9,16H,4-6,10H2,1-3H3. The lowest BCUT2D eigenvalue weighted by Gasteiger charge is -2.29. The number of alkyl halides is 1. The van der Waals surface area contributed by atoms with Crippen molar-refractivity contribution in [3.63, 3.8) is 0 Å². The molecule has 16 heavy (non-hydrogen) atoms. The zero-order chi connectivity index (χ0) is 12.0. The Kier molecular flexibility index (Phi) is 5.23. The minimum atomic E-state index is 0.130. The lowest BCUT2D eigenvalue weighted by atomic mass is 9.95. The second-order valence-electron chi connectivity index (χ2n) is 4.58. The molecule has 1 N–H and O–H groups in total. The van der Waals surface area contributed by atoms with Crippen LogP contribution in [0, 0.1) is 6.92 Å². The number of halogens is 1. The van der Waals surface area contributed by atoms with Crippen molar-refractivity contribution in [2.75, 3.05) is 5.88 Å². The monoisotopic (exact) mass is 240 g/mol. The van der Waals surface area contributed by atoms with E-state index in [9.17, 15) is 0 Å². The van der Waals surface area contributed by atoms with E-state index >= 15 is 0 Å². The van der Waals surface area contributed by atoms with Gasteiger partial charge in [0.25, 0.3) is 0 Å². The smallest absolute Gasteiger partial charge is 0.0313 e. The normalized spacial score (nSPS) is 14.8. The van der Waals surface area contributed by atoms with Gasteiger partial charge in [-0.2, -0.15) is 0 Å². The molecule has 0 aliphatic heterocycles. The maximum Gasteiger partial charge on any atom is 0.0313 e. The molecule has 1 heterocycles. The van der Waals surface area contributed by atoms with Crippen molar-refractivity contribution in [2.45, 2.75) is 45.7 Å². The van der Waals surface area contributed by atoms with Crippen LogP contribution in [-0.4, -0.2) is 16.4 Å². The van der Waals surface area contributed by atoms with Crippen LogP contribution in [0.1, 0.15) is 37.8 Å². The number of hydrogen-bond donors (Lipinski definition) is 1. The van der Waals surface area contributed by atoms with Gasteiger partial charge in [0.05, 0.1) is 0 Å². The molecule has 0 radical (unpaired) electrons. The number of aromatic nitrogens is 1. The summed E-state index contributed by atoms with van der Waals surface area (Å²) in [7, 11) is 0. The van der Waals surface area contributed by atoms with Crippen molar-refractivity contribution in [1.82, 2.24) is 10.3 Å². The Hall–Kier alpha value is -0.600. The largest absolute Gasteiger partial charge is 0.307 e. The number of rotatable bonds is 6. The summed E-state index contributed by atoms with van der Waals surface area (Å²) in [5.41, 5.74) is 2.56. The van der Waals surface area contributed by atoms with Crippen LogP contribution in [0.3, 0.4) is 0 Å². The summed E-state index contributed by atoms with van der Waals surface area (Å²) < 4.78 is 0. The highest BCUT2D eigenvalue weighted by molar-refractivity contribution is 6.17. The molecule has 0 bridgehead atoms. The highest BCUT2D eigenvalue weighted by Crippen LogP contribution is 2.16. The summed E-state index contributed by atoms with van der Waals surface area (Å²) in [6, 6.07) is 2.16. The Morgan fingerprint density at radius 1 is 1.44 bits per heavy atom. The summed E-state index contributed by atoms with van der Waals surface area (Å²) >= 11 is 5.82. The van der Waals surface area contributed by atoms with Crippen LogP contribution < -0.4 is 5.32 Å². The Morgan fingerprint density at radius 2 is 2.19 bits per heavy atom. The van der Waals surface area contributed by atoms with Crippen LogP contribution in [0.2, 0.25) is 0 Å². The average molecular weight is 241 g/mol. The maximum absolute atomic E-state index is 5.82. The Morgan fingerprint density at radius 3 is 2.75 bits per heavy atom. The van der Waals surface area contributed by atoms with Crippen molar-refractivity contribution >= 4 is 11.6 Å². The summed E-state index contributed by atoms with van der Waals surface area (Å²) in [5.74, 6) is 0.698. The number of aryl methyl sites for hydroxylation is 1. The predicted molar refractivity (Wildman–Crippen MR) is 69.8 cm³/mol. The van der Waals surface area contributed by atoms with Crippen LogP contribution in [0.4, 0.5) is 0 Å². The van der Waals surface area contributed by atoms with Crippen LogP contribution in [0.15, 0.2) is 18.5 Å². The SMILES string of the molecule is CCC(C)(CCCl)NCc1cncc(C)c1. The molecule has 0 fully saturated rings. The van der Waals surface area contributed by atoms with Crippen molar-refractivity contribution in [3.8, 4) is 0 Å². The van der Waals surface area contributed by atoms with E-state index < -0.39 is 0 Å². The molecule has 3 heteroatoms. The number of hydrogen-bond acceptors (Lipinski definition) is 2. The fourth-order valence-electron chi connectivity index (χ4n) is 1.63. The molecule has 0 aliphatic rings. The van der Waals surface area contributed by atoms with Gasteiger partial charge < -0.3 is 5.32 Å². The van der Waals surface area contributed by atoms with Gasteiger partial charge in [-0.3, -0.25) is 4.98 Å². The first-order chi connectivity index (χ1) is 7.59. The van der Waals surface area contributed by atoms with Gasteiger partial charge in [-0.05, 0) is 37.8 Å². The zero-order valence-electron chi connectivity index (χ0n) is 10.4. The number of nitrogens with zero attached hydrogens (tertiary/aromatic N) is 1. The van der Waals surface area contributed by atoms with E-state index in [2.05, 4.69) is 37.1 Å². The van der Waals surface area contributed by atoms with Gasteiger partial charge in [-0.25, -0.2) is 0 Å². The fraction of sp³-hybridized carbons (Fsp3) is 0.615. The van der Waals surface area contributed by atoms with E-state index in [1.807, 2.05) is 12.4 Å². The minimum absolute atomic E-state index is 0.130. The molecule has 2 nitrogen and oxygen atoms in total. The first-order valence-electron chi connectivity index (χ1n) is 5.81. The molecule has 0 aromatic carbocycles.